The molecular weight excluding hydrogens is 378 g/mol. The molecule has 2 rings (SSSR count). The number of nitrogens with zero attached hydrogens (tertiary/aromatic N) is 1. The first kappa shape index (κ1) is 15.8. The minimum Gasteiger partial charge on any atom is -0.490 e. The van der Waals surface area contributed by atoms with Crippen LogP contribution in [0.15, 0.2) is 28.1 Å². The van der Waals surface area contributed by atoms with Crippen LogP contribution in [0.2, 0.25) is 5.02 Å². The molecule has 0 N–H and O–H groups in total. The molecule has 0 atom stereocenters. The van der Waals surface area contributed by atoms with Gasteiger partial charge < -0.3 is 9.47 Å². The number of hydrogen-bond donors (Lipinski definition) is 0. The van der Waals surface area contributed by atoms with Crippen molar-refractivity contribution in [1.29, 1.82) is 5.26 Å². The van der Waals surface area contributed by atoms with Gasteiger partial charge in [-0.3, -0.25) is 0 Å². The number of esters is 1. The highest BCUT2D eigenvalue weighted by molar-refractivity contribution is 9.10. The van der Waals surface area contributed by atoms with E-state index in [-0.39, 0.29) is 16.5 Å². The Kier molecular flexibility index (Phi) is 5.23. The van der Waals surface area contributed by atoms with Crippen LogP contribution in [0.5, 0.6) is 11.5 Å². The summed E-state index contributed by atoms with van der Waals surface area (Å²) in [6.07, 6.45) is 0. The number of thiophene rings is 1. The largest absolute Gasteiger partial charge is 0.490 e. The van der Waals surface area contributed by atoms with Crippen molar-refractivity contribution < 1.29 is 14.3 Å². The Morgan fingerprint density at radius 3 is 2.86 bits per heavy atom. The van der Waals surface area contributed by atoms with Crippen molar-refractivity contribution in [2.24, 2.45) is 0 Å². The second kappa shape index (κ2) is 6.94. The first-order chi connectivity index (χ1) is 10.1. The Morgan fingerprint density at radius 1 is 1.52 bits per heavy atom. The summed E-state index contributed by atoms with van der Waals surface area (Å²) < 4.78 is 11.4. The maximum atomic E-state index is 12.1. The number of ether oxygens (including phenoxy) is 2. The van der Waals surface area contributed by atoms with Gasteiger partial charge in [0.2, 0.25) is 0 Å². The Bertz CT molecular complexity index is 723. The van der Waals surface area contributed by atoms with E-state index in [9.17, 15) is 4.79 Å². The molecule has 0 saturated carbocycles. The third kappa shape index (κ3) is 3.56. The lowest BCUT2D eigenvalue weighted by atomic mass is 10.2. The summed E-state index contributed by atoms with van der Waals surface area (Å²) in [6, 6.07) is 6.64. The van der Waals surface area contributed by atoms with Gasteiger partial charge in [0.1, 0.15) is 4.88 Å². The third-order valence-electron chi connectivity index (χ3n) is 2.44. The molecule has 108 valence electrons. The number of rotatable bonds is 4. The first-order valence-electron chi connectivity index (χ1n) is 5.88. The lowest BCUT2D eigenvalue weighted by Gasteiger charge is -2.12. The van der Waals surface area contributed by atoms with Crippen molar-refractivity contribution >= 4 is 44.8 Å². The third-order valence-corrected chi connectivity index (χ3v) is 4.53. The molecule has 0 radical (unpaired) electrons. The Hall–Kier alpha value is -1.55. The normalized spacial score (nSPS) is 10.0. The topological polar surface area (TPSA) is 59.3 Å². The molecule has 1 heterocycles. The smallest absolute Gasteiger partial charge is 0.355 e. The molecule has 0 aliphatic rings. The summed E-state index contributed by atoms with van der Waals surface area (Å²) in [6.45, 7) is 2.15. The van der Waals surface area contributed by atoms with Gasteiger partial charge in [-0.25, -0.2) is 4.79 Å². The molecule has 0 aliphatic carbocycles. The van der Waals surface area contributed by atoms with E-state index in [4.69, 9.17) is 26.3 Å². The predicted octanol–water partition coefficient (Wildman–Crippen LogP) is 4.65. The van der Waals surface area contributed by atoms with Gasteiger partial charge in [0.05, 0.1) is 23.3 Å². The van der Waals surface area contributed by atoms with Crippen molar-refractivity contribution in [1.82, 2.24) is 0 Å². The maximum Gasteiger partial charge on any atom is 0.355 e. The van der Waals surface area contributed by atoms with Crippen LogP contribution in [0, 0.1) is 11.3 Å². The Morgan fingerprint density at radius 2 is 2.29 bits per heavy atom. The van der Waals surface area contributed by atoms with Crippen molar-refractivity contribution in [3.8, 4) is 17.6 Å². The SMILES string of the molecule is CCOc1cc(C#N)cc(Cl)c1OC(=O)c1sccc1Br. The molecule has 0 aliphatic heterocycles. The number of halogens is 2. The molecule has 0 fully saturated rings. The number of carbonyl (C=O) groups excluding carboxylic acids is 1. The van der Waals surface area contributed by atoms with Crippen molar-refractivity contribution in [3.05, 3.63) is 43.5 Å². The zero-order valence-electron chi connectivity index (χ0n) is 10.9. The van der Waals surface area contributed by atoms with E-state index >= 15 is 0 Å². The number of carbonyl (C=O) groups is 1. The molecular formula is C14H9BrClNO3S. The predicted molar refractivity (Wildman–Crippen MR) is 84.3 cm³/mol. The van der Waals surface area contributed by atoms with E-state index in [1.165, 1.54) is 23.5 Å². The van der Waals surface area contributed by atoms with Gasteiger partial charge in [-0.15, -0.1) is 11.3 Å². The summed E-state index contributed by atoms with van der Waals surface area (Å²) in [5, 5.41) is 10.9. The van der Waals surface area contributed by atoms with E-state index < -0.39 is 5.97 Å². The summed E-state index contributed by atoms with van der Waals surface area (Å²) in [7, 11) is 0. The zero-order chi connectivity index (χ0) is 15.4. The molecule has 21 heavy (non-hydrogen) atoms. The monoisotopic (exact) mass is 385 g/mol. The maximum absolute atomic E-state index is 12.1. The molecule has 0 unspecified atom stereocenters. The highest BCUT2D eigenvalue weighted by Gasteiger charge is 2.20. The molecule has 7 heteroatoms. The zero-order valence-corrected chi connectivity index (χ0v) is 14.0. The van der Waals surface area contributed by atoms with Gasteiger partial charge in [0.25, 0.3) is 0 Å². The molecule has 0 spiro atoms. The lowest BCUT2D eigenvalue weighted by molar-refractivity contribution is 0.0732. The van der Waals surface area contributed by atoms with Gasteiger partial charge >= 0.3 is 5.97 Å². The fraction of sp³-hybridized carbons (Fsp3) is 0.143. The minimum atomic E-state index is -0.538. The van der Waals surface area contributed by atoms with Gasteiger partial charge in [-0.2, -0.15) is 5.26 Å². The lowest BCUT2D eigenvalue weighted by Crippen LogP contribution is -2.09. The molecule has 1 aromatic carbocycles. The molecule has 4 nitrogen and oxygen atoms in total. The summed E-state index contributed by atoms with van der Waals surface area (Å²) in [5.74, 6) is -0.158. The van der Waals surface area contributed by atoms with E-state index in [1.54, 1.807) is 18.4 Å². The molecule has 0 amide bonds. The quantitative estimate of drug-likeness (QED) is 0.567. The average molecular weight is 387 g/mol. The van der Waals surface area contributed by atoms with Crippen LogP contribution < -0.4 is 9.47 Å². The fourth-order valence-electron chi connectivity index (χ4n) is 1.57. The average Bonchev–Trinajstić information content (AvgIpc) is 2.88. The van der Waals surface area contributed by atoms with Crippen LogP contribution in [-0.4, -0.2) is 12.6 Å². The standard InChI is InChI=1S/C14H9BrClNO3S/c1-2-19-11-6-8(7-17)5-10(16)12(11)20-14(18)13-9(15)3-4-21-13/h3-6H,2H2,1H3. The summed E-state index contributed by atoms with van der Waals surface area (Å²) in [4.78, 5) is 12.6. The van der Waals surface area contributed by atoms with E-state index in [2.05, 4.69) is 15.9 Å². The number of nitriles is 1. The fourth-order valence-corrected chi connectivity index (χ4v) is 3.23. The van der Waals surface area contributed by atoms with Crippen LogP contribution in [-0.2, 0) is 0 Å². The van der Waals surface area contributed by atoms with Gasteiger partial charge in [0.15, 0.2) is 11.5 Å². The molecule has 0 saturated heterocycles. The van der Waals surface area contributed by atoms with E-state index in [1.807, 2.05) is 6.07 Å². The van der Waals surface area contributed by atoms with Gasteiger partial charge in [-0.05, 0) is 40.4 Å². The van der Waals surface area contributed by atoms with Crippen molar-refractivity contribution in [2.45, 2.75) is 6.92 Å². The van der Waals surface area contributed by atoms with Gasteiger partial charge in [0, 0.05) is 10.5 Å². The molecule has 0 bridgehead atoms. The highest BCUT2D eigenvalue weighted by atomic mass is 79.9. The van der Waals surface area contributed by atoms with Crippen LogP contribution >= 0.6 is 38.9 Å². The van der Waals surface area contributed by atoms with Crippen molar-refractivity contribution in [3.63, 3.8) is 0 Å². The second-order valence-corrected chi connectivity index (χ2v) is 5.99. The van der Waals surface area contributed by atoms with Crippen LogP contribution in [0.4, 0.5) is 0 Å². The van der Waals surface area contributed by atoms with Crippen LogP contribution in [0.1, 0.15) is 22.2 Å². The Balaban J connectivity index is 2.37. The van der Waals surface area contributed by atoms with Gasteiger partial charge in [-0.1, -0.05) is 11.6 Å². The Labute approximate surface area is 139 Å². The van der Waals surface area contributed by atoms with E-state index in [0.29, 0.717) is 21.5 Å². The highest BCUT2D eigenvalue weighted by Crippen LogP contribution is 2.37. The van der Waals surface area contributed by atoms with E-state index in [0.717, 1.165) is 0 Å². The number of hydrogen-bond acceptors (Lipinski definition) is 5. The summed E-state index contributed by atoms with van der Waals surface area (Å²) in [5.41, 5.74) is 0.334. The summed E-state index contributed by atoms with van der Waals surface area (Å²) >= 11 is 10.6. The molecule has 1 aromatic heterocycles. The van der Waals surface area contributed by atoms with Crippen molar-refractivity contribution in [2.75, 3.05) is 6.61 Å². The minimum absolute atomic E-state index is 0.114. The first-order valence-corrected chi connectivity index (χ1v) is 7.93. The second-order valence-electron chi connectivity index (χ2n) is 3.82. The van der Waals surface area contributed by atoms with Crippen LogP contribution in [0.25, 0.3) is 0 Å². The van der Waals surface area contributed by atoms with Crippen LogP contribution in [0.3, 0.4) is 0 Å². The molecule has 2 aromatic rings. The number of benzene rings is 1.